The van der Waals surface area contributed by atoms with Gasteiger partial charge < -0.3 is 14.6 Å². The molecule has 1 aromatic carbocycles. The zero-order valence-corrected chi connectivity index (χ0v) is 17.7. The van der Waals surface area contributed by atoms with Gasteiger partial charge in [-0.3, -0.25) is 9.59 Å². The van der Waals surface area contributed by atoms with Crippen molar-refractivity contribution in [2.75, 3.05) is 11.9 Å². The zero-order valence-electron chi connectivity index (χ0n) is 16.9. The lowest BCUT2D eigenvalue weighted by atomic mass is 10.1. The third kappa shape index (κ3) is 6.52. The molecule has 1 amide bonds. The number of alkyl halides is 3. The number of hydrogen-bond acceptors (Lipinski definition) is 6. The van der Waals surface area contributed by atoms with Crippen LogP contribution in [0.3, 0.4) is 0 Å². The van der Waals surface area contributed by atoms with E-state index < -0.39 is 51.9 Å². The summed E-state index contributed by atoms with van der Waals surface area (Å²) in [6.45, 7) is 2.49. The number of carbonyl (C=O) groups is 2. The molecule has 31 heavy (non-hydrogen) atoms. The molecule has 2 N–H and O–H groups in total. The van der Waals surface area contributed by atoms with Gasteiger partial charge in [0.2, 0.25) is 0 Å². The van der Waals surface area contributed by atoms with E-state index in [4.69, 9.17) is 4.74 Å². The van der Waals surface area contributed by atoms with Crippen LogP contribution in [0.4, 0.5) is 18.9 Å². The monoisotopic (exact) mass is 462 g/mol. The topological polar surface area (TPSA) is 119 Å². The predicted octanol–water partition coefficient (Wildman–Crippen LogP) is 1.99. The van der Waals surface area contributed by atoms with Crippen molar-refractivity contribution in [1.29, 1.82) is 0 Å². The van der Waals surface area contributed by atoms with Crippen molar-refractivity contribution in [1.82, 2.24) is 14.3 Å². The standard InChI is InChI=1S/C18H21F3N4O5S/c1-11(17(27)24-14-7-5-4-6-13(14)18(19,20)21)30-16(26)8-9-22-31(28,29)15-10-25(3)12(2)23-15/h4-7,10-11,22H,8-9H2,1-3H3,(H,24,27). The smallest absolute Gasteiger partial charge is 0.418 e. The van der Waals surface area contributed by atoms with Crippen molar-refractivity contribution < 1.29 is 35.9 Å². The maximum absolute atomic E-state index is 13.0. The summed E-state index contributed by atoms with van der Waals surface area (Å²) in [5, 5.41) is 1.86. The quantitative estimate of drug-likeness (QED) is 0.579. The van der Waals surface area contributed by atoms with E-state index in [-0.39, 0.29) is 11.6 Å². The molecule has 0 radical (unpaired) electrons. The summed E-state index contributed by atoms with van der Waals surface area (Å²) in [5.74, 6) is -1.40. The van der Waals surface area contributed by atoms with Gasteiger partial charge in [-0.25, -0.2) is 18.1 Å². The van der Waals surface area contributed by atoms with Crippen LogP contribution in [0.25, 0.3) is 0 Å². The highest BCUT2D eigenvalue weighted by Gasteiger charge is 2.34. The van der Waals surface area contributed by atoms with Crippen molar-refractivity contribution in [3.05, 3.63) is 41.9 Å². The molecule has 0 aliphatic carbocycles. The van der Waals surface area contributed by atoms with E-state index in [0.29, 0.717) is 5.82 Å². The first-order valence-electron chi connectivity index (χ1n) is 8.97. The predicted molar refractivity (Wildman–Crippen MR) is 103 cm³/mol. The summed E-state index contributed by atoms with van der Waals surface area (Å²) in [5.41, 5.74) is -1.51. The van der Waals surface area contributed by atoms with Crippen molar-refractivity contribution in [2.24, 2.45) is 7.05 Å². The number of anilines is 1. The lowest BCUT2D eigenvalue weighted by Gasteiger charge is -2.16. The lowest BCUT2D eigenvalue weighted by molar-refractivity contribution is -0.153. The van der Waals surface area contributed by atoms with Crippen LogP contribution in [0.2, 0.25) is 0 Å². The van der Waals surface area contributed by atoms with Crippen LogP contribution in [-0.2, 0) is 37.6 Å². The Morgan fingerprint density at radius 2 is 1.90 bits per heavy atom. The number of nitrogens with one attached hydrogen (secondary N) is 2. The fraction of sp³-hybridized carbons (Fsp3) is 0.389. The van der Waals surface area contributed by atoms with Crippen molar-refractivity contribution >= 4 is 27.6 Å². The summed E-state index contributed by atoms with van der Waals surface area (Å²) < 4.78 is 71.8. The Hall–Kier alpha value is -2.93. The second kappa shape index (κ2) is 9.47. The highest BCUT2D eigenvalue weighted by Crippen LogP contribution is 2.34. The van der Waals surface area contributed by atoms with Gasteiger partial charge in [0.05, 0.1) is 17.7 Å². The Labute approximate surface area is 176 Å². The molecule has 9 nitrogen and oxygen atoms in total. The van der Waals surface area contributed by atoms with E-state index in [0.717, 1.165) is 12.1 Å². The molecule has 13 heteroatoms. The molecule has 0 bridgehead atoms. The van der Waals surface area contributed by atoms with Gasteiger partial charge in [-0.05, 0) is 26.0 Å². The molecule has 0 saturated carbocycles. The Bertz CT molecular complexity index is 1050. The van der Waals surface area contributed by atoms with Gasteiger partial charge in [-0.15, -0.1) is 0 Å². The molecule has 0 spiro atoms. The molecule has 1 heterocycles. The summed E-state index contributed by atoms with van der Waals surface area (Å²) in [6, 6.07) is 4.37. The van der Waals surface area contributed by atoms with Crippen molar-refractivity contribution in [3.63, 3.8) is 0 Å². The largest absolute Gasteiger partial charge is 0.452 e. The molecular formula is C18H21F3N4O5S. The third-order valence-electron chi connectivity index (χ3n) is 4.15. The van der Waals surface area contributed by atoms with Crippen molar-refractivity contribution in [2.45, 2.75) is 37.6 Å². The molecular weight excluding hydrogens is 441 g/mol. The molecule has 170 valence electrons. The highest BCUT2D eigenvalue weighted by molar-refractivity contribution is 7.89. The third-order valence-corrected chi connectivity index (χ3v) is 5.48. The number of benzene rings is 1. The van der Waals surface area contributed by atoms with Crippen LogP contribution in [0.15, 0.2) is 35.5 Å². The molecule has 0 fully saturated rings. The second-order valence-electron chi connectivity index (χ2n) is 6.55. The van der Waals surface area contributed by atoms with Gasteiger partial charge in [0.15, 0.2) is 11.1 Å². The zero-order chi connectivity index (χ0) is 23.4. The first-order valence-corrected chi connectivity index (χ1v) is 10.5. The first-order chi connectivity index (χ1) is 14.3. The number of carbonyl (C=O) groups excluding carboxylic acids is 2. The molecule has 2 rings (SSSR count). The highest BCUT2D eigenvalue weighted by atomic mass is 32.2. The summed E-state index contributed by atoms with van der Waals surface area (Å²) in [7, 11) is -2.31. The molecule has 0 saturated heterocycles. The Morgan fingerprint density at radius 3 is 2.48 bits per heavy atom. The number of imidazole rings is 1. The molecule has 1 aromatic heterocycles. The fourth-order valence-corrected chi connectivity index (χ4v) is 3.47. The van der Waals surface area contributed by atoms with Crippen LogP contribution in [0.5, 0.6) is 0 Å². The van der Waals surface area contributed by atoms with Crippen LogP contribution in [0.1, 0.15) is 24.7 Å². The molecule has 0 aliphatic rings. The molecule has 1 unspecified atom stereocenters. The minimum atomic E-state index is -4.67. The number of esters is 1. The summed E-state index contributed by atoms with van der Waals surface area (Å²) in [4.78, 5) is 27.9. The number of sulfonamides is 1. The first kappa shape index (κ1) is 24.3. The van der Waals surface area contributed by atoms with E-state index in [1.807, 2.05) is 0 Å². The number of amides is 1. The number of nitrogens with zero attached hydrogens (tertiary/aromatic N) is 2. The number of para-hydroxylation sites is 1. The van der Waals surface area contributed by atoms with Crippen LogP contribution >= 0.6 is 0 Å². The van der Waals surface area contributed by atoms with E-state index in [1.54, 1.807) is 14.0 Å². The number of aryl methyl sites for hydroxylation is 2. The van der Waals surface area contributed by atoms with Crippen LogP contribution < -0.4 is 10.0 Å². The van der Waals surface area contributed by atoms with Gasteiger partial charge in [0.25, 0.3) is 15.9 Å². The van der Waals surface area contributed by atoms with Gasteiger partial charge in [-0.2, -0.15) is 13.2 Å². The normalized spacial score (nSPS) is 13.0. The van der Waals surface area contributed by atoms with E-state index >= 15 is 0 Å². The minimum Gasteiger partial charge on any atom is -0.452 e. The number of aromatic nitrogens is 2. The lowest BCUT2D eigenvalue weighted by Crippen LogP contribution is -2.32. The number of ether oxygens (including phenoxy) is 1. The summed E-state index contributed by atoms with van der Waals surface area (Å²) >= 11 is 0. The van der Waals surface area contributed by atoms with Crippen LogP contribution in [0, 0.1) is 6.92 Å². The average molecular weight is 462 g/mol. The number of rotatable bonds is 8. The Morgan fingerprint density at radius 1 is 1.26 bits per heavy atom. The number of halogens is 3. The SMILES string of the molecule is Cc1nc(S(=O)(=O)NCCC(=O)OC(C)C(=O)Nc2ccccc2C(F)(F)F)cn1C. The number of hydrogen-bond donors (Lipinski definition) is 2. The summed E-state index contributed by atoms with van der Waals surface area (Å²) in [6.07, 6.45) is -5.17. The maximum atomic E-state index is 13.0. The maximum Gasteiger partial charge on any atom is 0.418 e. The van der Waals surface area contributed by atoms with Gasteiger partial charge in [-0.1, -0.05) is 12.1 Å². The molecule has 2 aromatic rings. The molecule has 1 atom stereocenters. The minimum absolute atomic E-state index is 0.211. The van der Waals surface area contributed by atoms with E-state index in [1.165, 1.54) is 29.8 Å². The molecule has 0 aliphatic heterocycles. The van der Waals surface area contributed by atoms with E-state index in [9.17, 15) is 31.2 Å². The van der Waals surface area contributed by atoms with Crippen molar-refractivity contribution in [3.8, 4) is 0 Å². The van der Waals surface area contributed by atoms with Gasteiger partial charge >= 0.3 is 12.1 Å². The average Bonchev–Trinajstić information content (AvgIpc) is 3.00. The fourth-order valence-electron chi connectivity index (χ4n) is 2.40. The second-order valence-corrected chi connectivity index (χ2v) is 8.26. The van der Waals surface area contributed by atoms with Gasteiger partial charge in [0.1, 0.15) is 5.82 Å². The Balaban J connectivity index is 1.88. The van der Waals surface area contributed by atoms with Crippen LogP contribution in [-0.4, -0.2) is 42.5 Å². The van der Waals surface area contributed by atoms with E-state index in [2.05, 4.69) is 15.0 Å². The van der Waals surface area contributed by atoms with Gasteiger partial charge in [0, 0.05) is 19.8 Å². The Kier molecular flexibility index (Phi) is 7.44.